The Kier molecular flexibility index (Phi) is 19.5. The van der Waals surface area contributed by atoms with Gasteiger partial charge in [-0.05, 0) is 111 Å². The average Bonchev–Trinajstić information content (AvgIpc) is 2.97. The molecule has 0 saturated carbocycles. The van der Waals surface area contributed by atoms with Crippen LogP contribution in [0.25, 0.3) is 0 Å². The molecule has 5 heteroatoms. The van der Waals surface area contributed by atoms with E-state index >= 15 is 0 Å². The molecule has 0 spiro atoms. The van der Waals surface area contributed by atoms with E-state index in [1.807, 2.05) is 27.7 Å². The Labute approximate surface area is 234 Å². The number of piperazine rings is 1. The van der Waals surface area contributed by atoms with Gasteiger partial charge in [-0.2, -0.15) is 0 Å². The monoisotopic (exact) mass is 524 g/mol. The molecule has 0 bridgehead atoms. The second kappa shape index (κ2) is 20.7. The molecule has 0 aromatic heterocycles. The third-order valence-corrected chi connectivity index (χ3v) is 9.00. The molecule has 4 saturated heterocycles. The molecule has 0 aliphatic carbocycles. The van der Waals surface area contributed by atoms with Crippen molar-refractivity contribution in [2.75, 3.05) is 65.4 Å². The highest BCUT2D eigenvalue weighted by atomic mass is 15.3. The summed E-state index contributed by atoms with van der Waals surface area (Å²) in [5.74, 6) is 1.04. The minimum absolute atomic E-state index is 0.718. The van der Waals surface area contributed by atoms with Gasteiger partial charge in [0.25, 0.3) is 0 Å². The van der Waals surface area contributed by atoms with Crippen molar-refractivity contribution in [2.45, 2.75) is 138 Å². The Hall–Kier alpha value is -0.200. The molecule has 0 aromatic carbocycles. The first-order valence-corrected chi connectivity index (χ1v) is 16.6. The zero-order chi connectivity index (χ0) is 27.6. The van der Waals surface area contributed by atoms with Gasteiger partial charge in [0.2, 0.25) is 0 Å². The molecule has 4 rings (SSSR count). The second-order valence-corrected chi connectivity index (χ2v) is 11.8. The molecular formula is C32H69N5. The zero-order valence-electron chi connectivity index (χ0n) is 26.9. The van der Waals surface area contributed by atoms with Crippen molar-refractivity contribution >= 4 is 0 Å². The van der Waals surface area contributed by atoms with Crippen molar-refractivity contribution in [3.05, 3.63) is 0 Å². The molecule has 4 aliphatic rings. The first-order chi connectivity index (χ1) is 18.0. The van der Waals surface area contributed by atoms with Gasteiger partial charge in [0.05, 0.1) is 0 Å². The molecule has 37 heavy (non-hydrogen) atoms. The lowest BCUT2D eigenvalue weighted by Gasteiger charge is -2.44. The number of likely N-dealkylation sites (tertiary alicyclic amines) is 2. The number of hydrogen-bond donors (Lipinski definition) is 1. The number of nitrogens with zero attached hydrogens (tertiary/aromatic N) is 4. The van der Waals surface area contributed by atoms with Crippen molar-refractivity contribution in [1.82, 2.24) is 24.9 Å². The summed E-state index contributed by atoms with van der Waals surface area (Å²) in [6, 6.07) is 3.20. The molecule has 4 aliphatic heterocycles. The fourth-order valence-corrected chi connectivity index (χ4v) is 6.57. The summed E-state index contributed by atoms with van der Waals surface area (Å²) < 4.78 is 0. The Bertz CT molecular complexity index is 469. The lowest BCUT2D eigenvalue weighted by atomic mass is 9.90. The number of rotatable bonds is 6. The van der Waals surface area contributed by atoms with Gasteiger partial charge in [0, 0.05) is 50.3 Å². The smallest absolute Gasteiger partial charge is 0.0121 e. The van der Waals surface area contributed by atoms with E-state index in [0.29, 0.717) is 0 Å². The largest absolute Gasteiger partial charge is 0.317 e. The Balaban J connectivity index is 0.000000330. The summed E-state index contributed by atoms with van der Waals surface area (Å²) in [7, 11) is 0. The maximum Gasteiger partial charge on any atom is 0.0121 e. The predicted octanol–water partition coefficient (Wildman–Crippen LogP) is 6.19. The van der Waals surface area contributed by atoms with Gasteiger partial charge in [0.1, 0.15) is 0 Å². The van der Waals surface area contributed by atoms with Crippen LogP contribution in [-0.2, 0) is 0 Å². The van der Waals surface area contributed by atoms with Crippen molar-refractivity contribution in [3.63, 3.8) is 0 Å². The maximum absolute atomic E-state index is 3.46. The van der Waals surface area contributed by atoms with Gasteiger partial charge in [-0.3, -0.25) is 9.80 Å². The SMILES string of the molecule is CC.CC.CC(C)N1CCC(N2CCN(C(C)C)CC2)CC1.CCCC1CCN(C2CCNCC2)CC1. The van der Waals surface area contributed by atoms with Crippen LogP contribution >= 0.6 is 0 Å². The predicted molar refractivity (Wildman–Crippen MR) is 166 cm³/mol. The van der Waals surface area contributed by atoms with Crippen LogP contribution < -0.4 is 5.32 Å². The topological polar surface area (TPSA) is 25.0 Å². The molecule has 0 radical (unpaired) electrons. The second-order valence-electron chi connectivity index (χ2n) is 11.8. The number of hydrogen-bond acceptors (Lipinski definition) is 5. The molecular weight excluding hydrogens is 454 g/mol. The minimum Gasteiger partial charge on any atom is -0.317 e. The van der Waals surface area contributed by atoms with Crippen LogP contribution in [0.3, 0.4) is 0 Å². The molecule has 222 valence electrons. The van der Waals surface area contributed by atoms with E-state index in [1.54, 1.807) is 0 Å². The van der Waals surface area contributed by atoms with Crippen LogP contribution in [0.1, 0.15) is 114 Å². The molecule has 4 heterocycles. The Morgan fingerprint density at radius 3 is 1.46 bits per heavy atom. The van der Waals surface area contributed by atoms with Crippen molar-refractivity contribution in [2.24, 2.45) is 5.92 Å². The quantitative estimate of drug-likeness (QED) is 0.448. The standard InChI is InChI=1S/C15H31N3.C13H26N2.2C2H6/c1-13(2)16-7-5-15(6-8-16)18-11-9-17(10-12-18)14(3)4;1-2-3-12-6-10-15(11-7-12)13-4-8-14-9-5-13;2*1-2/h13-15H,5-12H2,1-4H3;12-14H,2-11H2,1H3;2*1-2H3. The minimum atomic E-state index is 0.718. The van der Waals surface area contributed by atoms with Crippen LogP contribution in [0.5, 0.6) is 0 Å². The van der Waals surface area contributed by atoms with Gasteiger partial charge < -0.3 is 15.1 Å². The average molecular weight is 524 g/mol. The molecule has 1 N–H and O–H groups in total. The lowest BCUT2D eigenvalue weighted by Crippen LogP contribution is -2.54. The summed E-state index contributed by atoms with van der Waals surface area (Å²) in [6.45, 7) is 32.5. The Morgan fingerprint density at radius 2 is 1.00 bits per heavy atom. The van der Waals surface area contributed by atoms with Gasteiger partial charge in [0.15, 0.2) is 0 Å². The summed E-state index contributed by atoms with van der Waals surface area (Å²) in [5.41, 5.74) is 0. The van der Waals surface area contributed by atoms with Crippen LogP contribution in [0.2, 0.25) is 0 Å². The van der Waals surface area contributed by atoms with Crippen molar-refractivity contribution in [1.29, 1.82) is 0 Å². The molecule has 0 amide bonds. The van der Waals surface area contributed by atoms with E-state index in [4.69, 9.17) is 0 Å². The highest BCUT2D eigenvalue weighted by Crippen LogP contribution is 2.25. The zero-order valence-corrected chi connectivity index (χ0v) is 26.9. The highest BCUT2D eigenvalue weighted by Gasteiger charge is 2.28. The van der Waals surface area contributed by atoms with E-state index in [1.165, 1.54) is 117 Å². The number of piperidine rings is 3. The van der Waals surface area contributed by atoms with E-state index in [-0.39, 0.29) is 0 Å². The third-order valence-electron chi connectivity index (χ3n) is 9.00. The maximum atomic E-state index is 3.46. The van der Waals surface area contributed by atoms with Crippen molar-refractivity contribution < 1.29 is 0 Å². The third kappa shape index (κ3) is 12.7. The molecule has 0 atom stereocenters. The summed E-state index contributed by atoms with van der Waals surface area (Å²) in [4.78, 5) is 10.7. The summed E-state index contributed by atoms with van der Waals surface area (Å²) >= 11 is 0. The fourth-order valence-electron chi connectivity index (χ4n) is 6.57. The summed E-state index contributed by atoms with van der Waals surface area (Å²) in [5, 5.41) is 3.46. The Morgan fingerprint density at radius 1 is 0.568 bits per heavy atom. The summed E-state index contributed by atoms with van der Waals surface area (Å²) in [6.07, 6.45) is 11.2. The van der Waals surface area contributed by atoms with E-state index in [2.05, 4.69) is 59.5 Å². The van der Waals surface area contributed by atoms with Crippen LogP contribution in [0.4, 0.5) is 0 Å². The fraction of sp³-hybridized carbons (Fsp3) is 1.00. The van der Waals surface area contributed by atoms with Gasteiger partial charge in [-0.1, -0.05) is 47.5 Å². The molecule has 5 nitrogen and oxygen atoms in total. The first-order valence-electron chi connectivity index (χ1n) is 16.6. The van der Waals surface area contributed by atoms with Crippen LogP contribution in [-0.4, -0.2) is 109 Å². The van der Waals surface area contributed by atoms with E-state index in [9.17, 15) is 0 Å². The first kappa shape index (κ1) is 34.8. The normalized spacial score (nSPS) is 24.1. The van der Waals surface area contributed by atoms with E-state index in [0.717, 1.165) is 30.1 Å². The van der Waals surface area contributed by atoms with Gasteiger partial charge >= 0.3 is 0 Å². The van der Waals surface area contributed by atoms with Crippen LogP contribution in [0.15, 0.2) is 0 Å². The van der Waals surface area contributed by atoms with E-state index < -0.39 is 0 Å². The lowest BCUT2D eigenvalue weighted by molar-refractivity contribution is 0.0425. The molecule has 0 aromatic rings. The highest BCUT2D eigenvalue weighted by molar-refractivity contribution is 4.85. The van der Waals surface area contributed by atoms with Gasteiger partial charge in [-0.25, -0.2) is 0 Å². The van der Waals surface area contributed by atoms with Crippen LogP contribution in [0, 0.1) is 5.92 Å². The van der Waals surface area contributed by atoms with Crippen molar-refractivity contribution in [3.8, 4) is 0 Å². The number of nitrogens with one attached hydrogen (secondary N) is 1. The van der Waals surface area contributed by atoms with Gasteiger partial charge in [-0.15, -0.1) is 0 Å². The molecule has 4 fully saturated rings. The molecule has 0 unspecified atom stereocenters.